The molecule has 2 rings (SSSR count). The van der Waals surface area contributed by atoms with Gasteiger partial charge in [-0.15, -0.1) is 0 Å². The van der Waals surface area contributed by atoms with E-state index in [4.69, 9.17) is 9.52 Å². The van der Waals surface area contributed by atoms with Gasteiger partial charge in [-0.3, -0.25) is 0 Å². The number of hydrogen-bond acceptors (Lipinski definition) is 3. The molecule has 0 spiro atoms. The third-order valence-corrected chi connectivity index (χ3v) is 2.90. The Morgan fingerprint density at radius 1 is 1.19 bits per heavy atom. The van der Waals surface area contributed by atoms with Gasteiger partial charge in [-0.2, -0.15) is 13.2 Å². The molecular formula is C14H12F3NO3. The molecule has 0 saturated heterocycles. The van der Waals surface area contributed by atoms with E-state index >= 15 is 0 Å². The normalized spacial score (nSPS) is 11.6. The van der Waals surface area contributed by atoms with E-state index in [2.05, 4.69) is 5.32 Å². The number of rotatable bonds is 5. The molecule has 2 N–H and O–H groups in total. The van der Waals surface area contributed by atoms with E-state index in [9.17, 15) is 18.0 Å². The van der Waals surface area contributed by atoms with Gasteiger partial charge in [0.2, 0.25) is 0 Å². The Kier molecular flexibility index (Phi) is 4.32. The number of carbonyl (C=O) groups is 1. The van der Waals surface area contributed by atoms with Gasteiger partial charge in [-0.1, -0.05) is 18.2 Å². The Hall–Kier alpha value is -2.28. The molecule has 0 fully saturated rings. The highest BCUT2D eigenvalue weighted by molar-refractivity contribution is 5.88. The lowest BCUT2D eigenvalue weighted by molar-refractivity contribution is -0.138. The van der Waals surface area contributed by atoms with Crippen molar-refractivity contribution in [3.05, 3.63) is 59.0 Å². The van der Waals surface area contributed by atoms with Crippen molar-refractivity contribution in [3.8, 4) is 0 Å². The highest BCUT2D eigenvalue weighted by Gasteiger charge is 2.32. The van der Waals surface area contributed by atoms with Gasteiger partial charge in [0.25, 0.3) is 0 Å². The SMILES string of the molecule is O=C(O)c1ccoc1CNCc1ccccc1C(F)(F)F. The lowest BCUT2D eigenvalue weighted by Gasteiger charge is -2.12. The van der Waals surface area contributed by atoms with Crippen molar-refractivity contribution in [2.45, 2.75) is 19.3 Å². The molecule has 7 heteroatoms. The Labute approximate surface area is 118 Å². The van der Waals surface area contributed by atoms with Gasteiger partial charge in [-0.25, -0.2) is 4.79 Å². The third kappa shape index (κ3) is 3.63. The van der Waals surface area contributed by atoms with Crippen molar-refractivity contribution in [1.29, 1.82) is 0 Å². The number of benzene rings is 1. The summed E-state index contributed by atoms with van der Waals surface area (Å²) in [5, 5.41) is 11.6. The highest BCUT2D eigenvalue weighted by Crippen LogP contribution is 2.31. The maximum atomic E-state index is 12.8. The first-order valence-corrected chi connectivity index (χ1v) is 6.05. The third-order valence-electron chi connectivity index (χ3n) is 2.90. The molecule has 112 valence electrons. The number of hydrogen-bond donors (Lipinski definition) is 2. The minimum absolute atomic E-state index is 0.00777. The predicted molar refractivity (Wildman–Crippen MR) is 67.7 cm³/mol. The second-order valence-corrected chi connectivity index (χ2v) is 4.32. The van der Waals surface area contributed by atoms with Crippen molar-refractivity contribution in [2.24, 2.45) is 0 Å². The van der Waals surface area contributed by atoms with Gasteiger partial charge in [0.15, 0.2) is 0 Å². The molecule has 2 aromatic rings. The molecule has 4 nitrogen and oxygen atoms in total. The van der Waals surface area contributed by atoms with Crippen LogP contribution in [0.3, 0.4) is 0 Å². The number of halogens is 3. The summed E-state index contributed by atoms with van der Waals surface area (Å²) in [4.78, 5) is 10.9. The smallest absolute Gasteiger partial charge is 0.416 e. The van der Waals surface area contributed by atoms with Crippen molar-refractivity contribution in [3.63, 3.8) is 0 Å². The van der Waals surface area contributed by atoms with Crippen molar-refractivity contribution >= 4 is 5.97 Å². The molecule has 0 aliphatic heterocycles. The minimum Gasteiger partial charge on any atom is -0.478 e. The lowest BCUT2D eigenvalue weighted by Crippen LogP contribution is -2.18. The van der Waals surface area contributed by atoms with Crippen LogP contribution in [0.2, 0.25) is 0 Å². The zero-order valence-electron chi connectivity index (χ0n) is 10.8. The zero-order chi connectivity index (χ0) is 15.5. The van der Waals surface area contributed by atoms with Crippen molar-refractivity contribution in [2.75, 3.05) is 0 Å². The number of aromatic carboxylic acids is 1. The van der Waals surface area contributed by atoms with Gasteiger partial charge in [0.1, 0.15) is 11.3 Å². The molecular weight excluding hydrogens is 287 g/mol. The van der Waals surface area contributed by atoms with Crippen LogP contribution in [0.4, 0.5) is 13.2 Å². The predicted octanol–water partition coefficient (Wildman–Crippen LogP) is 3.29. The molecule has 0 atom stereocenters. The molecule has 21 heavy (non-hydrogen) atoms. The van der Waals surface area contributed by atoms with E-state index in [1.165, 1.54) is 30.5 Å². The fourth-order valence-electron chi connectivity index (χ4n) is 1.93. The second-order valence-electron chi connectivity index (χ2n) is 4.32. The van der Waals surface area contributed by atoms with E-state index in [-0.39, 0.29) is 30.0 Å². The van der Waals surface area contributed by atoms with Gasteiger partial charge in [0.05, 0.1) is 18.4 Å². The summed E-state index contributed by atoms with van der Waals surface area (Å²) in [7, 11) is 0. The first-order chi connectivity index (χ1) is 9.89. The Balaban J connectivity index is 2.04. The molecule has 0 radical (unpaired) electrons. The average Bonchev–Trinajstić information content (AvgIpc) is 2.87. The summed E-state index contributed by atoms with van der Waals surface area (Å²) in [6, 6.07) is 6.51. The summed E-state index contributed by atoms with van der Waals surface area (Å²) >= 11 is 0. The highest BCUT2D eigenvalue weighted by atomic mass is 19.4. The topological polar surface area (TPSA) is 62.5 Å². The quantitative estimate of drug-likeness (QED) is 0.889. The van der Waals surface area contributed by atoms with Crippen LogP contribution in [-0.2, 0) is 19.3 Å². The van der Waals surface area contributed by atoms with Crippen molar-refractivity contribution in [1.82, 2.24) is 5.32 Å². The summed E-state index contributed by atoms with van der Waals surface area (Å²) in [5.74, 6) is -0.969. The molecule has 0 saturated carbocycles. The van der Waals surface area contributed by atoms with Crippen LogP contribution in [0.15, 0.2) is 41.0 Å². The van der Waals surface area contributed by atoms with Gasteiger partial charge in [-0.05, 0) is 17.7 Å². The maximum Gasteiger partial charge on any atom is 0.416 e. The number of furan rings is 1. The summed E-state index contributed by atoms with van der Waals surface area (Å²) in [6.07, 6.45) is -3.20. The number of carboxylic acid groups (broad SMARTS) is 1. The van der Waals surface area contributed by atoms with Crippen LogP contribution in [-0.4, -0.2) is 11.1 Å². The average molecular weight is 299 g/mol. The molecule has 1 aromatic heterocycles. The van der Waals surface area contributed by atoms with E-state index < -0.39 is 17.7 Å². The minimum atomic E-state index is -4.42. The van der Waals surface area contributed by atoms with Crippen LogP contribution in [0.5, 0.6) is 0 Å². The van der Waals surface area contributed by atoms with Gasteiger partial charge >= 0.3 is 12.1 Å². The number of alkyl halides is 3. The first-order valence-electron chi connectivity index (χ1n) is 6.05. The van der Waals surface area contributed by atoms with Crippen LogP contribution < -0.4 is 5.32 Å². The molecule has 0 bridgehead atoms. The van der Waals surface area contributed by atoms with Crippen LogP contribution >= 0.6 is 0 Å². The van der Waals surface area contributed by atoms with Crippen LogP contribution in [0.25, 0.3) is 0 Å². The fraction of sp³-hybridized carbons (Fsp3) is 0.214. The number of nitrogens with one attached hydrogen (secondary N) is 1. The van der Waals surface area contributed by atoms with E-state index in [0.717, 1.165) is 6.07 Å². The van der Waals surface area contributed by atoms with Gasteiger partial charge < -0.3 is 14.8 Å². The van der Waals surface area contributed by atoms with Crippen molar-refractivity contribution < 1.29 is 27.5 Å². The molecule has 1 aromatic carbocycles. The first kappa shape index (κ1) is 15.1. The summed E-state index contributed by atoms with van der Waals surface area (Å²) in [5.41, 5.74) is -0.629. The number of carboxylic acids is 1. The second kappa shape index (κ2) is 6.01. The molecule has 0 aliphatic carbocycles. The molecule has 0 unspecified atom stereocenters. The largest absolute Gasteiger partial charge is 0.478 e. The Morgan fingerprint density at radius 3 is 2.57 bits per heavy atom. The lowest BCUT2D eigenvalue weighted by atomic mass is 10.1. The van der Waals surface area contributed by atoms with Gasteiger partial charge in [0, 0.05) is 6.54 Å². The van der Waals surface area contributed by atoms with Crippen LogP contribution in [0.1, 0.15) is 27.2 Å². The zero-order valence-corrected chi connectivity index (χ0v) is 10.8. The maximum absolute atomic E-state index is 12.8. The summed E-state index contributed by atoms with van der Waals surface area (Å²) in [6.45, 7) is -0.0176. The Morgan fingerprint density at radius 2 is 1.90 bits per heavy atom. The molecule has 0 aliphatic rings. The Bertz CT molecular complexity index is 634. The van der Waals surface area contributed by atoms with E-state index in [1.807, 2.05) is 0 Å². The molecule has 1 heterocycles. The van der Waals surface area contributed by atoms with E-state index in [1.54, 1.807) is 0 Å². The van der Waals surface area contributed by atoms with Crippen LogP contribution in [0, 0.1) is 0 Å². The fourth-order valence-corrected chi connectivity index (χ4v) is 1.93. The molecule has 0 amide bonds. The standard InChI is InChI=1S/C14H12F3NO3/c15-14(16,17)11-4-2-1-3-9(11)7-18-8-12-10(13(19)20)5-6-21-12/h1-6,18H,7-8H2,(H,19,20). The monoisotopic (exact) mass is 299 g/mol. The van der Waals surface area contributed by atoms with E-state index in [0.29, 0.717) is 0 Å². The summed E-state index contributed by atoms with van der Waals surface area (Å²) < 4.78 is 43.4.